The van der Waals surface area contributed by atoms with Crippen molar-refractivity contribution in [3.05, 3.63) is 70.7 Å². The molecule has 1 atom stereocenters. The molecule has 29 heavy (non-hydrogen) atoms. The first-order chi connectivity index (χ1) is 14.0. The van der Waals surface area contributed by atoms with Gasteiger partial charge in [-0.05, 0) is 36.7 Å². The molecular formula is C21H24N4O3S. The Morgan fingerprint density at radius 2 is 1.93 bits per heavy atom. The zero-order chi connectivity index (χ0) is 20.6. The van der Waals surface area contributed by atoms with Gasteiger partial charge in [0.15, 0.2) is 5.13 Å². The number of hydrogen-bond acceptors (Lipinski definition) is 7. The Kier molecular flexibility index (Phi) is 7.18. The van der Waals surface area contributed by atoms with Gasteiger partial charge in [0.25, 0.3) is 0 Å². The van der Waals surface area contributed by atoms with E-state index in [9.17, 15) is 15.0 Å². The SMILES string of the molecule is Nc1nc(CC(=O)Nc2ccc(CCNCC(O)c3ccccc3O)cc2)cs1. The van der Waals surface area contributed by atoms with Gasteiger partial charge in [-0.1, -0.05) is 30.3 Å². The van der Waals surface area contributed by atoms with E-state index in [2.05, 4.69) is 15.6 Å². The van der Waals surface area contributed by atoms with Crippen LogP contribution in [-0.4, -0.2) is 34.2 Å². The van der Waals surface area contributed by atoms with Crippen LogP contribution in [0.4, 0.5) is 10.8 Å². The molecule has 0 radical (unpaired) electrons. The van der Waals surface area contributed by atoms with Crippen LogP contribution in [0.1, 0.15) is 22.9 Å². The number of phenolic OH excluding ortho intramolecular Hbond substituents is 1. The number of rotatable bonds is 9. The van der Waals surface area contributed by atoms with Crippen LogP contribution >= 0.6 is 11.3 Å². The van der Waals surface area contributed by atoms with Gasteiger partial charge in [-0.15, -0.1) is 11.3 Å². The third-order valence-corrected chi connectivity index (χ3v) is 5.10. The molecule has 8 heteroatoms. The lowest BCUT2D eigenvalue weighted by atomic mass is 10.1. The number of benzene rings is 2. The molecule has 2 aromatic carbocycles. The minimum absolute atomic E-state index is 0.0951. The number of nitrogen functional groups attached to an aromatic ring is 1. The number of nitrogens with zero attached hydrogens (tertiary/aromatic N) is 1. The van der Waals surface area contributed by atoms with Gasteiger partial charge in [0.05, 0.1) is 18.2 Å². The van der Waals surface area contributed by atoms with E-state index < -0.39 is 6.10 Å². The number of nitrogens with two attached hydrogens (primary N) is 1. The third kappa shape index (κ3) is 6.28. The summed E-state index contributed by atoms with van der Waals surface area (Å²) in [5.74, 6) is -0.0412. The number of hydrogen-bond donors (Lipinski definition) is 5. The number of nitrogens with one attached hydrogen (secondary N) is 2. The summed E-state index contributed by atoms with van der Waals surface area (Å²) in [6.07, 6.45) is 0.209. The van der Waals surface area contributed by atoms with Gasteiger partial charge in [-0.2, -0.15) is 0 Å². The van der Waals surface area contributed by atoms with Crippen molar-refractivity contribution in [2.75, 3.05) is 24.1 Å². The van der Waals surface area contributed by atoms with Crippen molar-refractivity contribution >= 4 is 28.1 Å². The smallest absolute Gasteiger partial charge is 0.230 e. The van der Waals surface area contributed by atoms with Crippen molar-refractivity contribution in [3.8, 4) is 5.75 Å². The topological polar surface area (TPSA) is 120 Å². The van der Waals surface area contributed by atoms with Crippen LogP contribution in [0.3, 0.4) is 0 Å². The van der Waals surface area contributed by atoms with Crippen molar-refractivity contribution < 1.29 is 15.0 Å². The fourth-order valence-corrected chi connectivity index (χ4v) is 3.44. The minimum Gasteiger partial charge on any atom is -0.508 e. The number of amides is 1. The van der Waals surface area contributed by atoms with E-state index in [1.807, 2.05) is 24.3 Å². The molecule has 3 aromatic rings. The Labute approximate surface area is 173 Å². The van der Waals surface area contributed by atoms with E-state index in [0.29, 0.717) is 29.5 Å². The molecule has 0 bridgehead atoms. The molecule has 3 rings (SSSR count). The van der Waals surface area contributed by atoms with Crippen molar-refractivity contribution in [3.63, 3.8) is 0 Å². The van der Waals surface area contributed by atoms with Crippen molar-refractivity contribution in [1.29, 1.82) is 0 Å². The summed E-state index contributed by atoms with van der Waals surface area (Å²) in [6.45, 7) is 1.04. The van der Waals surface area contributed by atoms with E-state index in [0.717, 1.165) is 17.7 Å². The normalized spacial score (nSPS) is 11.9. The second-order valence-corrected chi connectivity index (χ2v) is 7.52. The van der Waals surface area contributed by atoms with Crippen LogP contribution in [0.25, 0.3) is 0 Å². The molecule has 0 spiro atoms. The summed E-state index contributed by atoms with van der Waals surface area (Å²) in [5.41, 5.74) is 8.59. The fraction of sp³-hybridized carbons (Fsp3) is 0.238. The molecule has 1 aromatic heterocycles. The monoisotopic (exact) mass is 412 g/mol. The number of aromatic hydroxyl groups is 1. The van der Waals surface area contributed by atoms with Crippen LogP contribution in [0, 0.1) is 0 Å². The second kappa shape index (κ2) is 10.0. The lowest BCUT2D eigenvalue weighted by Crippen LogP contribution is -2.23. The van der Waals surface area contributed by atoms with E-state index in [1.165, 1.54) is 11.3 Å². The number of thiazole rings is 1. The molecule has 0 aliphatic heterocycles. The first-order valence-electron chi connectivity index (χ1n) is 9.26. The van der Waals surface area contributed by atoms with Crippen molar-refractivity contribution in [2.24, 2.45) is 0 Å². The van der Waals surface area contributed by atoms with Gasteiger partial charge >= 0.3 is 0 Å². The number of anilines is 2. The van der Waals surface area contributed by atoms with Gasteiger partial charge < -0.3 is 26.6 Å². The summed E-state index contributed by atoms with van der Waals surface area (Å²) in [5, 5.41) is 28.2. The summed E-state index contributed by atoms with van der Waals surface area (Å²) in [4.78, 5) is 16.1. The summed E-state index contributed by atoms with van der Waals surface area (Å²) >= 11 is 1.32. The number of aromatic nitrogens is 1. The number of phenols is 1. The lowest BCUT2D eigenvalue weighted by Gasteiger charge is -2.13. The summed E-state index contributed by atoms with van der Waals surface area (Å²) in [7, 11) is 0. The highest BCUT2D eigenvalue weighted by Crippen LogP contribution is 2.22. The van der Waals surface area contributed by atoms with Crippen LogP contribution in [-0.2, 0) is 17.6 Å². The molecule has 0 fully saturated rings. The predicted molar refractivity (Wildman–Crippen MR) is 115 cm³/mol. The zero-order valence-electron chi connectivity index (χ0n) is 15.8. The Morgan fingerprint density at radius 3 is 2.62 bits per heavy atom. The first kappa shape index (κ1) is 20.8. The predicted octanol–water partition coefficient (Wildman–Crippen LogP) is 2.48. The standard InChI is InChI=1S/C21H24N4O3S/c22-21-25-16(13-29-21)11-20(28)24-15-7-5-14(6-8-15)9-10-23-12-19(27)17-3-1-2-4-18(17)26/h1-8,13,19,23,26-27H,9-12H2,(H2,22,25)(H,24,28). The van der Waals surface area contributed by atoms with Crippen LogP contribution < -0.4 is 16.4 Å². The van der Waals surface area contributed by atoms with E-state index in [-0.39, 0.29) is 18.1 Å². The molecule has 0 aliphatic rings. The molecule has 0 saturated carbocycles. The Balaban J connectivity index is 1.40. The van der Waals surface area contributed by atoms with E-state index >= 15 is 0 Å². The molecule has 0 saturated heterocycles. The molecule has 1 unspecified atom stereocenters. The van der Waals surface area contributed by atoms with E-state index in [4.69, 9.17) is 5.73 Å². The van der Waals surface area contributed by atoms with Gasteiger partial charge in [0.1, 0.15) is 5.75 Å². The average molecular weight is 413 g/mol. The zero-order valence-corrected chi connectivity index (χ0v) is 16.7. The Bertz CT molecular complexity index is 943. The highest BCUT2D eigenvalue weighted by atomic mass is 32.1. The molecular weight excluding hydrogens is 388 g/mol. The quantitative estimate of drug-likeness (QED) is 0.344. The van der Waals surface area contributed by atoms with Gasteiger partial charge in [-0.25, -0.2) is 4.98 Å². The summed E-state index contributed by atoms with van der Waals surface area (Å²) in [6, 6.07) is 14.4. The maximum atomic E-state index is 12.1. The third-order valence-electron chi connectivity index (χ3n) is 4.37. The van der Waals surface area contributed by atoms with Gasteiger partial charge in [0.2, 0.25) is 5.91 Å². The molecule has 6 N–H and O–H groups in total. The van der Waals surface area contributed by atoms with Gasteiger partial charge in [0, 0.05) is 23.2 Å². The molecule has 7 nitrogen and oxygen atoms in total. The largest absolute Gasteiger partial charge is 0.508 e. The second-order valence-electron chi connectivity index (χ2n) is 6.63. The summed E-state index contributed by atoms with van der Waals surface area (Å²) < 4.78 is 0. The minimum atomic E-state index is -0.762. The van der Waals surface area contributed by atoms with Crippen LogP contribution in [0.15, 0.2) is 53.9 Å². The molecule has 0 aliphatic carbocycles. The molecule has 152 valence electrons. The van der Waals surface area contributed by atoms with Crippen molar-refractivity contribution in [1.82, 2.24) is 10.3 Å². The number of para-hydroxylation sites is 1. The van der Waals surface area contributed by atoms with Gasteiger partial charge in [-0.3, -0.25) is 4.79 Å². The lowest BCUT2D eigenvalue weighted by molar-refractivity contribution is -0.115. The number of aliphatic hydroxyl groups is 1. The van der Waals surface area contributed by atoms with Crippen LogP contribution in [0.5, 0.6) is 5.75 Å². The highest BCUT2D eigenvalue weighted by molar-refractivity contribution is 7.13. The maximum absolute atomic E-state index is 12.1. The Morgan fingerprint density at radius 1 is 1.17 bits per heavy atom. The first-order valence-corrected chi connectivity index (χ1v) is 10.1. The van der Waals surface area contributed by atoms with E-state index in [1.54, 1.807) is 29.6 Å². The highest BCUT2D eigenvalue weighted by Gasteiger charge is 2.11. The van der Waals surface area contributed by atoms with Crippen molar-refractivity contribution in [2.45, 2.75) is 18.9 Å². The number of carbonyl (C=O) groups excluding carboxylic acids is 1. The maximum Gasteiger partial charge on any atom is 0.230 e. The Hall–Kier alpha value is -2.94. The number of aliphatic hydroxyl groups excluding tert-OH is 1. The molecule has 1 heterocycles. The average Bonchev–Trinajstić information content (AvgIpc) is 3.11. The van der Waals surface area contributed by atoms with Crippen LogP contribution in [0.2, 0.25) is 0 Å². The number of carbonyl (C=O) groups is 1. The molecule has 1 amide bonds. The fourth-order valence-electron chi connectivity index (χ4n) is 2.88.